The summed E-state index contributed by atoms with van der Waals surface area (Å²) in [5.41, 5.74) is 10.5. The number of hydrogen-bond acceptors (Lipinski definition) is 2. The molecule has 0 bridgehead atoms. The van der Waals surface area contributed by atoms with E-state index in [1.54, 1.807) is 0 Å². The lowest BCUT2D eigenvalue weighted by atomic mass is 10.0. The van der Waals surface area contributed by atoms with Crippen molar-refractivity contribution in [2.75, 3.05) is 0 Å². The van der Waals surface area contributed by atoms with Crippen molar-refractivity contribution in [1.82, 2.24) is 0 Å². The number of ether oxygens (including phenoxy) is 1. The minimum absolute atomic E-state index is 0.0598. The molecule has 0 saturated carbocycles. The molecule has 0 amide bonds. The van der Waals surface area contributed by atoms with Gasteiger partial charge in [0.2, 0.25) is 0 Å². The van der Waals surface area contributed by atoms with Crippen molar-refractivity contribution in [3.05, 3.63) is 90.0 Å². The van der Waals surface area contributed by atoms with Gasteiger partial charge in [-0.2, -0.15) is 0 Å². The van der Waals surface area contributed by atoms with Crippen LogP contribution in [0, 0.1) is 0 Å². The molecule has 0 spiro atoms. The Hall–Kier alpha value is -2.58. The minimum atomic E-state index is 0.0598. The summed E-state index contributed by atoms with van der Waals surface area (Å²) < 4.78 is 5.90. The van der Waals surface area contributed by atoms with Crippen molar-refractivity contribution in [2.45, 2.75) is 19.6 Å². The molecule has 3 aromatic carbocycles. The lowest BCUT2D eigenvalue weighted by Gasteiger charge is -2.10. The zero-order valence-corrected chi connectivity index (χ0v) is 13.3. The molecule has 0 heterocycles. The van der Waals surface area contributed by atoms with Gasteiger partial charge in [-0.15, -0.1) is 0 Å². The van der Waals surface area contributed by atoms with Gasteiger partial charge in [-0.05, 0) is 41.3 Å². The van der Waals surface area contributed by atoms with Gasteiger partial charge in [-0.25, -0.2) is 0 Å². The maximum Gasteiger partial charge on any atom is 0.120 e. The second-order valence-electron chi connectivity index (χ2n) is 5.71. The number of rotatable bonds is 5. The lowest BCUT2D eigenvalue weighted by Crippen LogP contribution is -2.04. The Bertz CT molecular complexity index is 748. The number of nitrogens with two attached hydrogens (primary N) is 1. The van der Waals surface area contributed by atoms with Crippen LogP contribution in [0.3, 0.4) is 0 Å². The topological polar surface area (TPSA) is 35.2 Å². The van der Waals surface area contributed by atoms with Crippen molar-refractivity contribution in [3.8, 4) is 16.9 Å². The monoisotopic (exact) mass is 303 g/mol. The van der Waals surface area contributed by atoms with Crippen LogP contribution >= 0.6 is 0 Å². The van der Waals surface area contributed by atoms with Gasteiger partial charge in [0, 0.05) is 6.04 Å². The summed E-state index contributed by atoms with van der Waals surface area (Å²) in [5.74, 6) is 0.877. The fraction of sp³-hybridized carbons (Fsp3) is 0.143. The number of benzene rings is 3. The van der Waals surface area contributed by atoms with Gasteiger partial charge in [0.1, 0.15) is 12.4 Å². The quantitative estimate of drug-likeness (QED) is 0.723. The predicted octanol–water partition coefficient (Wildman–Crippen LogP) is 4.95. The van der Waals surface area contributed by atoms with Crippen molar-refractivity contribution < 1.29 is 4.74 Å². The summed E-state index contributed by atoms with van der Waals surface area (Å²) in [6.07, 6.45) is 0. The molecule has 2 N–H and O–H groups in total. The molecule has 23 heavy (non-hydrogen) atoms. The fourth-order valence-corrected chi connectivity index (χ4v) is 2.49. The summed E-state index contributed by atoms with van der Waals surface area (Å²) in [4.78, 5) is 0. The third-order valence-electron chi connectivity index (χ3n) is 3.85. The molecule has 0 radical (unpaired) electrons. The van der Waals surface area contributed by atoms with E-state index in [9.17, 15) is 0 Å². The predicted molar refractivity (Wildman–Crippen MR) is 95.3 cm³/mol. The van der Waals surface area contributed by atoms with Crippen LogP contribution in [0.5, 0.6) is 5.75 Å². The van der Waals surface area contributed by atoms with Crippen LogP contribution in [0.1, 0.15) is 24.1 Å². The van der Waals surface area contributed by atoms with Gasteiger partial charge < -0.3 is 10.5 Å². The molecular weight excluding hydrogens is 282 g/mol. The van der Waals surface area contributed by atoms with Gasteiger partial charge in [0.05, 0.1) is 0 Å². The van der Waals surface area contributed by atoms with E-state index < -0.39 is 0 Å². The van der Waals surface area contributed by atoms with E-state index in [4.69, 9.17) is 10.5 Å². The molecule has 3 rings (SSSR count). The van der Waals surface area contributed by atoms with Crippen molar-refractivity contribution in [1.29, 1.82) is 0 Å². The summed E-state index contributed by atoms with van der Waals surface area (Å²) in [7, 11) is 0. The van der Waals surface area contributed by atoms with Gasteiger partial charge in [-0.1, -0.05) is 66.7 Å². The van der Waals surface area contributed by atoms with Gasteiger partial charge in [0.15, 0.2) is 0 Å². The molecule has 2 heteroatoms. The summed E-state index contributed by atoms with van der Waals surface area (Å²) in [5, 5.41) is 0. The lowest BCUT2D eigenvalue weighted by molar-refractivity contribution is 0.306. The zero-order valence-electron chi connectivity index (χ0n) is 13.3. The normalized spacial score (nSPS) is 11.9. The first-order valence-electron chi connectivity index (χ1n) is 7.85. The molecule has 0 aliphatic heterocycles. The summed E-state index contributed by atoms with van der Waals surface area (Å²) in [6.45, 7) is 2.57. The first-order valence-corrected chi connectivity index (χ1v) is 7.85. The first-order chi connectivity index (χ1) is 11.2. The van der Waals surface area contributed by atoms with Crippen LogP contribution in [0.25, 0.3) is 11.1 Å². The Labute approximate surface area is 137 Å². The Kier molecular flexibility index (Phi) is 4.74. The third kappa shape index (κ3) is 3.99. The maximum absolute atomic E-state index is 5.90. The summed E-state index contributed by atoms with van der Waals surface area (Å²) in [6, 6.07) is 26.8. The van der Waals surface area contributed by atoms with Gasteiger partial charge in [0.25, 0.3) is 0 Å². The molecule has 0 aliphatic rings. The van der Waals surface area contributed by atoms with Crippen molar-refractivity contribution in [3.63, 3.8) is 0 Å². The molecule has 3 aromatic rings. The Balaban J connectivity index is 1.74. The van der Waals surface area contributed by atoms with Crippen LogP contribution in [0.2, 0.25) is 0 Å². The van der Waals surface area contributed by atoms with E-state index in [0.29, 0.717) is 6.61 Å². The number of hydrogen-bond donors (Lipinski definition) is 1. The molecule has 0 aromatic heterocycles. The van der Waals surface area contributed by atoms with E-state index in [2.05, 4.69) is 48.5 Å². The standard InChI is InChI=1S/C21H21NO/c1-16(22)18-10-12-19(13-11-18)20-8-5-9-21(14-20)23-15-17-6-3-2-4-7-17/h2-14,16H,15,22H2,1H3/t16-/m0/s1. The molecule has 0 unspecified atom stereocenters. The Morgan fingerprint density at radius 3 is 2.26 bits per heavy atom. The Morgan fingerprint density at radius 2 is 1.57 bits per heavy atom. The first kappa shape index (κ1) is 15.3. The zero-order chi connectivity index (χ0) is 16.1. The van der Waals surface area contributed by atoms with Crippen LogP contribution in [-0.4, -0.2) is 0 Å². The molecule has 0 saturated heterocycles. The highest BCUT2D eigenvalue weighted by molar-refractivity contribution is 5.65. The van der Waals surface area contributed by atoms with Gasteiger partial charge >= 0.3 is 0 Å². The molecule has 116 valence electrons. The molecule has 2 nitrogen and oxygen atoms in total. The van der Waals surface area contributed by atoms with Crippen LogP contribution < -0.4 is 10.5 Å². The second kappa shape index (κ2) is 7.12. The molecule has 0 aliphatic carbocycles. The Morgan fingerprint density at radius 1 is 0.826 bits per heavy atom. The molecule has 0 fully saturated rings. The van der Waals surface area contributed by atoms with E-state index in [1.165, 1.54) is 11.1 Å². The van der Waals surface area contributed by atoms with Crippen LogP contribution in [0.4, 0.5) is 0 Å². The van der Waals surface area contributed by atoms with E-state index in [0.717, 1.165) is 16.9 Å². The highest BCUT2D eigenvalue weighted by Crippen LogP contribution is 2.25. The van der Waals surface area contributed by atoms with Crippen LogP contribution in [0.15, 0.2) is 78.9 Å². The smallest absolute Gasteiger partial charge is 0.120 e. The molecular formula is C21H21NO. The SMILES string of the molecule is C[C@H](N)c1ccc(-c2cccc(OCc3ccccc3)c2)cc1. The van der Waals surface area contributed by atoms with E-state index >= 15 is 0 Å². The third-order valence-corrected chi connectivity index (χ3v) is 3.85. The van der Waals surface area contributed by atoms with Crippen molar-refractivity contribution >= 4 is 0 Å². The average Bonchev–Trinajstić information content (AvgIpc) is 2.61. The highest BCUT2D eigenvalue weighted by Gasteiger charge is 2.03. The van der Waals surface area contributed by atoms with Crippen LogP contribution in [-0.2, 0) is 6.61 Å². The van der Waals surface area contributed by atoms with E-state index in [-0.39, 0.29) is 6.04 Å². The minimum Gasteiger partial charge on any atom is -0.489 e. The van der Waals surface area contributed by atoms with Crippen molar-refractivity contribution in [2.24, 2.45) is 5.73 Å². The highest BCUT2D eigenvalue weighted by atomic mass is 16.5. The maximum atomic E-state index is 5.90. The fourth-order valence-electron chi connectivity index (χ4n) is 2.49. The summed E-state index contributed by atoms with van der Waals surface area (Å²) >= 11 is 0. The second-order valence-corrected chi connectivity index (χ2v) is 5.71. The molecule has 1 atom stereocenters. The average molecular weight is 303 g/mol. The van der Waals surface area contributed by atoms with E-state index in [1.807, 2.05) is 37.3 Å². The largest absolute Gasteiger partial charge is 0.489 e. The van der Waals surface area contributed by atoms with Gasteiger partial charge in [-0.3, -0.25) is 0 Å².